The molecule has 3 heterocycles. The van der Waals surface area contributed by atoms with Crippen molar-refractivity contribution < 1.29 is 9.15 Å². The fourth-order valence-corrected chi connectivity index (χ4v) is 9.08. The van der Waals surface area contributed by atoms with Crippen molar-refractivity contribution in [1.29, 1.82) is 0 Å². The standard InChI is InChI=1S/C52H31N3O2/c1-3-13-32(14-4-1)33-23-25-35(26-24-33)50-53-49(34-15-5-2-6-16-34)54-51(55-50)36-27-30-45-40(31-36)39-28-29-44-48(47(39)56-45)57-46-22-12-11-21-43(46)52(44)41-19-9-7-17-37(41)38-18-8-10-20-42(38)52/h1-31H. The van der Waals surface area contributed by atoms with E-state index < -0.39 is 5.41 Å². The van der Waals surface area contributed by atoms with Gasteiger partial charge < -0.3 is 9.15 Å². The number of aromatic nitrogens is 3. The van der Waals surface area contributed by atoms with Gasteiger partial charge >= 0.3 is 0 Å². The summed E-state index contributed by atoms with van der Waals surface area (Å²) in [5.74, 6) is 3.38. The van der Waals surface area contributed by atoms with Crippen LogP contribution in [0.1, 0.15) is 22.3 Å². The molecular weight excluding hydrogens is 699 g/mol. The molecule has 8 aromatic carbocycles. The van der Waals surface area contributed by atoms with E-state index in [1.165, 1.54) is 22.3 Å². The highest BCUT2D eigenvalue weighted by Crippen LogP contribution is 2.63. The summed E-state index contributed by atoms with van der Waals surface area (Å²) in [7, 11) is 0. The Morgan fingerprint density at radius 3 is 1.56 bits per heavy atom. The van der Waals surface area contributed by atoms with E-state index in [0.717, 1.165) is 72.4 Å². The average Bonchev–Trinajstić information content (AvgIpc) is 3.81. The van der Waals surface area contributed by atoms with Crippen molar-refractivity contribution in [2.75, 3.05) is 0 Å². The summed E-state index contributed by atoms with van der Waals surface area (Å²) < 4.78 is 13.7. The van der Waals surface area contributed by atoms with Gasteiger partial charge in [0.15, 0.2) is 28.8 Å². The Bertz CT molecular complexity index is 3160. The van der Waals surface area contributed by atoms with Crippen molar-refractivity contribution in [1.82, 2.24) is 15.0 Å². The largest absolute Gasteiger partial charge is 0.453 e. The first-order valence-corrected chi connectivity index (χ1v) is 19.2. The van der Waals surface area contributed by atoms with Gasteiger partial charge in [0.25, 0.3) is 0 Å². The van der Waals surface area contributed by atoms with Crippen LogP contribution in [-0.4, -0.2) is 15.0 Å². The van der Waals surface area contributed by atoms with E-state index in [9.17, 15) is 0 Å². The summed E-state index contributed by atoms with van der Waals surface area (Å²) in [5.41, 5.74) is 13.1. The third-order valence-corrected chi connectivity index (χ3v) is 11.6. The molecule has 2 aromatic heterocycles. The third kappa shape index (κ3) is 4.66. The molecular formula is C52H31N3O2. The zero-order valence-corrected chi connectivity index (χ0v) is 30.6. The molecule has 12 rings (SSSR count). The van der Waals surface area contributed by atoms with Gasteiger partial charge in [-0.3, -0.25) is 0 Å². The van der Waals surface area contributed by atoms with Crippen LogP contribution in [0.4, 0.5) is 0 Å². The first-order chi connectivity index (χ1) is 28.2. The van der Waals surface area contributed by atoms with Crippen molar-refractivity contribution in [3.05, 3.63) is 210 Å². The maximum Gasteiger partial charge on any atom is 0.178 e. The molecule has 0 amide bonds. The molecule has 266 valence electrons. The fourth-order valence-electron chi connectivity index (χ4n) is 9.08. The van der Waals surface area contributed by atoms with Crippen molar-refractivity contribution in [3.63, 3.8) is 0 Å². The zero-order chi connectivity index (χ0) is 37.5. The first kappa shape index (κ1) is 31.7. The molecule has 0 saturated carbocycles. The molecule has 0 unspecified atom stereocenters. The highest BCUT2D eigenvalue weighted by Gasteiger charge is 2.51. The van der Waals surface area contributed by atoms with Crippen molar-refractivity contribution in [2.24, 2.45) is 0 Å². The van der Waals surface area contributed by atoms with Crippen LogP contribution in [0.2, 0.25) is 0 Å². The summed E-state index contributed by atoms with van der Waals surface area (Å²) in [4.78, 5) is 15.1. The van der Waals surface area contributed by atoms with Gasteiger partial charge in [0.2, 0.25) is 0 Å². The second-order valence-electron chi connectivity index (χ2n) is 14.7. The molecule has 5 heteroatoms. The van der Waals surface area contributed by atoms with Gasteiger partial charge in [-0.2, -0.15) is 0 Å². The summed E-state index contributed by atoms with van der Waals surface area (Å²) in [5, 5.41) is 1.93. The SMILES string of the molecule is c1ccc(-c2ccc(-c3nc(-c4ccccc4)nc(-c4ccc5oc6c7c(ccc6c5c4)C4(c5ccccc5O7)c5ccccc5-c5ccccc54)n3)cc2)cc1. The Balaban J connectivity index is 1.03. The van der Waals surface area contributed by atoms with E-state index in [2.05, 4.69) is 133 Å². The molecule has 0 atom stereocenters. The molecule has 2 aliphatic rings. The average molecular weight is 730 g/mol. The number of para-hydroxylation sites is 1. The predicted octanol–water partition coefficient (Wildman–Crippen LogP) is 12.9. The number of fused-ring (bicyclic) bond motifs is 13. The van der Waals surface area contributed by atoms with Gasteiger partial charge in [-0.1, -0.05) is 158 Å². The summed E-state index contributed by atoms with van der Waals surface area (Å²) in [6.45, 7) is 0. The van der Waals surface area contributed by atoms with E-state index >= 15 is 0 Å². The maximum atomic E-state index is 6.89. The van der Waals surface area contributed by atoms with E-state index in [0.29, 0.717) is 17.5 Å². The molecule has 0 fully saturated rings. The van der Waals surface area contributed by atoms with Crippen LogP contribution < -0.4 is 4.74 Å². The van der Waals surface area contributed by atoms with E-state index in [-0.39, 0.29) is 0 Å². The summed E-state index contributed by atoms with van der Waals surface area (Å²) >= 11 is 0. The molecule has 57 heavy (non-hydrogen) atoms. The Kier molecular flexibility index (Phi) is 6.78. The van der Waals surface area contributed by atoms with Crippen LogP contribution in [0.5, 0.6) is 11.5 Å². The molecule has 0 saturated heterocycles. The molecule has 1 spiro atoms. The van der Waals surface area contributed by atoms with Crippen LogP contribution in [-0.2, 0) is 5.41 Å². The smallest absolute Gasteiger partial charge is 0.178 e. The molecule has 0 radical (unpaired) electrons. The first-order valence-electron chi connectivity index (χ1n) is 19.2. The lowest BCUT2D eigenvalue weighted by atomic mass is 9.66. The number of hydrogen-bond acceptors (Lipinski definition) is 5. The number of benzene rings is 8. The van der Waals surface area contributed by atoms with Crippen LogP contribution in [0.15, 0.2) is 192 Å². The Hall–Kier alpha value is -7.63. The maximum absolute atomic E-state index is 6.89. The molecule has 0 bridgehead atoms. The minimum Gasteiger partial charge on any atom is -0.453 e. The van der Waals surface area contributed by atoms with E-state index in [4.69, 9.17) is 24.1 Å². The Labute approximate surface area is 328 Å². The normalized spacial score (nSPS) is 13.2. The molecule has 1 aliphatic carbocycles. The van der Waals surface area contributed by atoms with Crippen molar-refractivity contribution in [2.45, 2.75) is 5.41 Å². The van der Waals surface area contributed by atoms with E-state index in [1.54, 1.807) is 0 Å². The minimum atomic E-state index is -0.565. The second kappa shape index (κ2) is 12.2. The number of ether oxygens (including phenoxy) is 1. The topological polar surface area (TPSA) is 61.0 Å². The van der Waals surface area contributed by atoms with Gasteiger partial charge in [-0.05, 0) is 63.7 Å². The monoisotopic (exact) mass is 729 g/mol. The zero-order valence-electron chi connectivity index (χ0n) is 30.6. The molecule has 0 N–H and O–H groups in total. The Morgan fingerprint density at radius 2 is 0.877 bits per heavy atom. The number of nitrogens with zero attached hydrogens (tertiary/aromatic N) is 3. The number of furan rings is 1. The lowest BCUT2D eigenvalue weighted by molar-refractivity contribution is 0.432. The van der Waals surface area contributed by atoms with Crippen LogP contribution in [0.25, 0.3) is 78.4 Å². The number of rotatable bonds is 4. The molecule has 5 nitrogen and oxygen atoms in total. The third-order valence-electron chi connectivity index (χ3n) is 11.6. The summed E-state index contributed by atoms with van der Waals surface area (Å²) in [6.07, 6.45) is 0. The highest BCUT2D eigenvalue weighted by atomic mass is 16.5. The van der Waals surface area contributed by atoms with Gasteiger partial charge in [0.1, 0.15) is 11.3 Å². The highest BCUT2D eigenvalue weighted by molar-refractivity contribution is 6.09. The van der Waals surface area contributed by atoms with Crippen LogP contribution >= 0.6 is 0 Å². The van der Waals surface area contributed by atoms with Gasteiger partial charge in [-0.25, -0.2) is 15.0 Å². The minimum absolute atomic E-state index is 0.565. The predicted molar refractivity (Wildman–Crippen MR) is 226 cm³/mol. The lowest BCUT2D eigenvalue weighted by Gasteiger charge is -2.39. The fraction of sp³-hybridized carbons (Fsp3) is 0.0192. The van der Waals surface area contributed by atoms with E-state index in [1.807, 2.05) is 54.6 Å². The van der Waals surface area contributed by atoms with Gasteiger partial charge in [0.05, 0.1) is 5.41 Å². The second-order valence-corrected chi connectivity index (χ2v) is 14.7. The van der Waals surface area contributed by atoms with Crippen molar-refractivity contribution >= 4 is 21.9 Å². The van der Waals surface area contributed by atoms with Gasteiger partial charge in [-0.15, -0.1) is 0 Å². The number of hydrogen-bond donors (Lipinski definition) is 0. The van der Waals surface area contributed by atoms with Crippen LogP contribution in [0.3, 0.4) is 0 Å². The molecule has 1 aliphatic heterocycles. The van der Waals surface area contributed by atoms with Gasteiger partial charge in [0, 0.05) is 38.6 Å². The Morgan fingerprint density at radius 1 is 0.368 bits per heavy atom. The summed E-state index contributed by atoms with van der Waals surface area (Å²) in [6, 6.07) is 65.4. The van der Waals surface area contributed by atoms with Crippen LogP contribution in [0, 0.1) is 0 Å². The quantitative estimate of drug-likeness (QED) is 0.180. The van der Waals surface area contributed by atoms with Crippen molar-refractivity contribution in [3.8, 4) is 67.9 Å². The lowest BCUT2D eigenvalue weighted by Crippen LogP contribution is -2.32. The molecule has 10 aromatic rings.